The quantitative estimate of drug-likeness (QED) is 0.0438. The van der Waals surface area contributed by atoms with Gasteiger partial charge in [0.15, 0.2) is 35.2 Å². The lowest BCUT2D eigenvalue weighted by atomic mass is 9.79. The molecular formula is C43H80O6. The Bertz CT molecular complexity index is 823. The number of aliphatic hydroxyl groups is 3. The number of allylic oxidation sites excluding steroid dienone is 2. The lowest BCUT2D eigenvalue weighted by Gasteiger charge is -2.34. The van der Waals surface area contributed by atoms with E-state index in [-0.39, 0.29) is 19.3 Å². The van der Waals surface area contributed by atoms with Crippen LogP contribution in [0.5, 0.6) is 0 Å². The summed E-state index contributed by atoms with van der Waals surface area (Å²) >= 11 is 0. The summed E-state index contributed by atoms with van der Waals surface area (Å²) < 4.78 is 0. The molecule has 3 N–H and O–H groups in total. The fourth-order valence-electron chi connectivity index (χ4n) is 6.69. The van der Waals surface area contributed by atoms with Gasteiger partial charge >= 0.3 is 0 Å². The van der Waals surface area contributed by atoms with Crippen molar-refractivity contribution in [1.29, 1.82) is 0 Å². The van der Waals surface area contributed by atoms with Gasteiger partial charge in [0.1, 0.15) is 0 Å². The minimum Gasteiger partial charge on any atom is -0.382 e. The zero-order valence-electron chi connectivity index (χ0n) is 32.5. The standard InChI is InChI=1S/C43H80O6/c1-4-7-9-11-13-15-17-19-21-23-25-27-29-31-33-36-38(44)41(47)43(49,40(46)35-6-3)42(48)39(45)37-34-32-30-28-26-24-22-20-18-16-14-12-10-8-5-2/h19,21,41-42,47-49H,4-18,20,22-37H2,1-3H3. The molecule has 0 aliphatic carbocycles. The van der Waals surface area contributed by atoms with Gasteiger partial charge in [-0.1, -0.05) is 174 Å². The maximum atomic E-state index is 12.9. The first-order valence-corrected chi connectivity index (χ1v) is 21.1. The first kappa shape index (κ1) is 47.6. The molecule has 3 atom stereocenters. The van der Waals surface area contributed by atoms with Crippen LogP contribution in [0.2, 0.25) is 0 Å². The Morgan fingerprint density at radius 2 is 0.714 bits per heavy atom. The van der Waals surface area contributed by atoms with Crippen LogP contribution in [0.4, 0.5) is 0 Å². The third-order valence-electron chi connectivity index (χ3n) is 10.1. The number of Topliss-reactive ketones (excluding diaryl/α,β-unsaturated/α-hetero) is 3. The van der Waals surface area contributed by atoms with E-state index >= 15 is 0 Å². The Balaban J connectivity index is 4.31. The van der Waals surface area contributed by atoms with Crippen LogP contribution in [0.15, 0.2) is 12.2 Å². The van der Waals surface area contributed by atoms with Crippen molar-refractivity contribution in [2.24, 2.45) is 0 Å². The Morgan fingerprint density at radius 1 is 0.429 bits per heavy atom. The third-order valence-corrected chi connectivity index (χ3v) is 10.1. The van der Waals surface area contributed by atoms with E-state index in [0.29, 0.717) is 19.3 Å². The number of aliphatic hydroxyl groups excluding tert-OH is 2. The van der Waals surface area contributed by atoms with E-state index in [1.807, 2.05) is 0 Å². The van der Waals surface area contributed by atoms with Crippen LogP contribution in [0.1, 0.15) is 226 Å². The lowest BCUT2D eigenvalue weighted by molar-refractivity contribution is -0.181. The molecule has 3 unspecified atom stereocenters. The zero-order chi connectivity index (χ0) is 36.4. The van der Waals surface area contributed by atoms with Crippen molar-refractivity contribution in [3.05, 3.63) is 12.2 Å². The molecule has 0 fully saturated rings. The van der Waals surface area contributed by atoms with Gasteiger partial charge in [0.25, 0.3) is 0 Å². The summed E-state index contributed by atoms with van der Waals surface area (Å²) in [6, 6.07) is 0. The number of carbonyl (C=O) groups is 3. The molecule has 0 bridgehead atoms. The molecular weight excluding hydrogens is 612 g/mol. The summed E-state index contributed by atoms with van der Waals surface area (Å²) in [7, 11) is 0. The number of carbonyl (C=O) groups excluding carboxylic acids is 3. The van der Waals surface area contributed by atoms with Gasteiger partial charge in [-0.2, -0.15) is 0 Å². The first-order chi connectivity index (χ1) is 23.8. The van der Waals surface area contributed by atoms with Crippen molar-refractivity contribution in [3.63, 3.8) is 0 Å². The Labute approximate surface area is 302 Å². The maximum Gasteiger partial charge on any atom is 0.189 e. The van der Waals surface area contributed by atoms with E-state index in [0.717, 1.165) is 57.8 Å². The van der Waals surface area contributed by atoms with Gasteiger partial charge in [-0.15, -0.1) is 0 Å². The van der Waals surface area contributed by atoms with Crippen LogP contribution >= 0.6 is 0 Å². The number of ketones is 3. The number of hydrogen-bond donors (Lipinski definition) is 3. The molecule has 0 saturated carbocycles. The van der Waals surface area contributed by atoms with Gasteiger partial charge in [-0.25, -0.2) is 0 Å². The predicted octanol–water partition coefficient (Wildman–Crippen LogP) is 11.2. The van der Waals surface area contributed by atoms with Crippen molar-refractivity contribution in [3.8, 4) is 0 Å². The van der Waals surface area contributed by atoms with Crippen molar-refractivity contribution in [1.82, 2.24) is 0 Å². The van der Waals surface area contributed by atoms with E-state index in [1.54, 1.807) is 6.92 Å². The normalized spacial score (nSPS) is 14.2. The largest absolute Gasteiger partial charge is 0.382 e. The number of unbranched alkanes of at least 4 members (excludes halogenated alkanes) is 25. The van der Waals surface area contributed by atoms with E-state index in [1.165, 1.54) is 109 Å². The average Bonchev–Trinajstić information content (AvgIpc) is 3.10. The van der Waals surface area contributed by atoms with E-state index in [4.69, 9.17) is 0 Å². The molecule has 0 aromatic rings. The first-order valence-electron chi connectivity index (χ1n) is 21.1. The smallest absolute Gasteiger partial charge is 0.189 e. The molecule has 0 aliphatic rings. The van der Waals surface area contributed by atoms with E-state index in [9.17, 15) is 29.7 Å². The highest BCUT2D eigenvalue weighted by Gasteiger charge is 2.53. The summed E-state index contributed by atoms with van der Waals surface area (Å²) in [5.74, 6) is -2.23. The Kier molecular flexibility index (Phi) is 32.8. The summed E-state index contributed by atoms with van der Waals surface area (Å²) in [6.07, 6.45) is 33.1. The van der Waals surface area contributed by atoms with Crippen molar-refractivity contribution < 1.29 is 29.7 Å². The molecule has 0 spiro atoms. The van der Waals surface area contributed by atoms with Gasteiger partial charge in [0.05, 0.1) is 0 Å². The van der Waals surface area contributed by atoms with Crippen LogP contribution in [0.25, 0.3) is 0 Å². The molecule has 6 heteroatoms. The molecule has 0 saturated heterocycles. The molecule has 0 aliphatic heterocycles. The monoisotopic (exact) mass is 693 g/mol. The summed E-state index contributed by atoms with van der Waals surface area (Å²) in [6.45, 7) is 6.23. The number of hydrogen-bond acceptors (Lipinski definition) is 6. The third kappa shape index (κ3) is 24.5. The molecule has 49 heavy (non-hydrogen) atoms. The van der Waals surface area contributed by atoms with Crippen LogP contribution in [0, 0.1) is 0 Å². The Morgan fingerprint density at radius 3 is 1.02 bits per heavy atom. The second-order valence-electron chi connectivity index (χ2n) is 14.8. The molecule has 0 rings (SSSR count). The number of rotatable bonds is 38. The fourth-order valence-corrected chi connectivity index (χ4v) is 6.69. The summed E-state index contributed by atoms with van der Waals surface area (Å²) in [5.41, 5.74) is -2.79. The minimum absolute atomic E-state index is 0.000990. The van der Waals surface area contributed by atoms with Crippen LogP contribution in [-0.4, -0.2) is 50.5 Å². The highest BCUT2D eigenvalue weighted by molar-refractivity contribution is 6.01. The van der Waals surface area contributed by atoms with Crippen LogP contribution in [-0.2, 0) is 14.4 Å². The van der Waals surface area contributed by atoms with Gasteiger partial charge < -0.3 is 15.3 Å². The topological polar surface area (TPSA) is 112 Å². The van der Waals surface area contributed by atoms with Crippen LogP contribution < -0.4 is 0 Å². The van der Waals surface area contributed by atoms with Crippen molar-refractivity contribution in [2.45, 2.75) is 244 Å². The molecule has 0 radical (unpaired) electrons. The molecule has 0 heterocycles. The second-order valence-corrected chi connectivity index (χ2v) is 14.8. The second kappa shape index (κ2) is 33.8. The lowest BCUT2D eigenvalue weighted by Crippen LogP contribution is -2.63. The van der Waals surface area contributed by atoms with E-state index < -0.39 is 35.2 Å². The van der Waals surface area contributed by atoms with Gasteiger partial charge in [0, 0.05) is 19.3 Å². The highest BCUT2D eigenvalue weighted by atomic mass is 16.4. The van der Waals surface area contributed by atoms with Gasteiger partial charge in [-0.05, 0) is 44.9 Å². The highest BCUT2D eigenvalue weighted by Crippen LogP contribution is 2.25. The van der Waals surface area contributed by atoms with Gasteiger partial charge in [0.2, 0.25) is 0 Å². The minimum atomic E-state index is -2.79. The molecule has 0 aromatic heterocycles. The van der Waals surface area contributed by atoms with E-state index in [2.05, 4.69) is 26.0 Å². The van der Waals surface area contributed by atoms with Crippen LogP contribution in [0.3, 0.4) is 0 Å². The SMILES string of the molecule is CCCCCCCCC=CCCCCCCCC(=O)C(O)C(O)(C(=O)CCC)C(O)C(=O)CCCCCCCCCCCCCCCCC. The maximum absolute atomic E-state index is 12.9. The Hall–Kier alpha value is -1.37. The average molecular weight is 693 g/mol. The zero-order valence-corrected chi connectivity index (χ0v) is 32.5. The van der Waals surface area contributed by atoms with Crippen molar-refractivity contribution >= 4 is 17.3 Å². The molecule has 0 amide bonds. The fraction of sp³-hybridized carbons (Fsp3) is 0.884. The predicted molar refractivity (Wildman–Crippen MR) is 206 cm³/mol. The summed E-state index contributed by atoms with van der Waals surface area (Å²) in [4.78, 5) is 38.7. The van der Waals surface area contributed by atoms with Crippen molar-refractivity contribution in [2.75, 3.05) is 0 Å². The van der Waals surface area contributed by atoms with Gasteiger partial charge in [-0.3, -0.25) is 14.4 Å². The summed E-state index contributed by atoms with van der Waals surface area (Å²) in [5, 5.41) is 32.9. The molecule has 288 valence electrons. The molecule has 0 aromatic carbocycles. The molecule has 6 nitrogen and oxygen atoms in total.